The number of hydrogen-bond donors (Lipinski definition) is 1. The summed E-state index contributed by atoms with van der Waals surface area (Å²) in [6, 6.07) is 1.86. The van der Waals surface area contributed by atoms with Crippen LogP contribution >= 0.6 is 0 Å². The first-order chi connectivity index (χ1) is 7.77. The summed E-state index contributed by atoms with van der Waals surface area (Å²) < 4.78 is 1.92. The van der Waals surface area contributed by atoms with Crippen molar-refractivity contribution in [3.8, 4) is 0 Å². The van der Waals surface area contributed by atoms with Crippen molar-refractivity contribution in [2.24, 2.45) is 5.73 Å². The Balaban J connectivity index is 1.94. The Morgan fingerprint density at radius 2 is 2.12 bits per heavy atom. The first-order valence-corrected chi connectivity index (χ1v) is 5.69. The van der Waals surface area contributed by atoms with Crippen molar-refractivity contribution in [3.05, 3.63) is 24.4 Å². The Bertz CT molecular complexity index is 498. The molecular formula is C11H15N5. The average Bonchev–Trinajstić information content (AvgIpc) is 2.87. The van der Waals surface area contributed by atoms with Crippen LogP contribution in [0.15, 0.2) is 18.6 Å². The Labute approximate surface area is 93.7 Å². The second-order valence-corrected chi connectivity index (χ2v) is 4.67. The van der Waals surface area contributed by atoms with Crippen LogP contribution in [0.1, 0.15) is 31.5 Å². The van der Waals surface area contributed by atoms with Gasteiger partial charge in [-0.15, -0.1) is 10.2 Å². The lowest BCUT2D eigenvalue weighted by Crippen LogP contribution is -2.39. The molecule has 84 valence electrons. The third-order valence-electron chi connectivity index (χ3n) is 3.39. The molecule has 0 spiro atoms. The van der Waals surface area contributed by atoms with Crippen molar-refractivity contribution in [1.29, 1.82) is 0 Å². The second kappa shape index (κ2) is 3.52. The van der Waals surface area contributed by atoms with Gasteiger partial charge in [-0.2, -0.15) is 0 Å². The lowest BCUT2D eigenvalue weighted by atomic mass is 9.94. The number of hydrogen-bond acceptors (Lipinski definition) is 4. The molecule has 2 aromatic rings. The standard InChI is InChI=1S/C11H15N5/c12-11(4-1-2-5-11)7-10-15-14-9-3-6-13-8-16(9)10/h3,6,8H,1-2,4-5,7,12H2. The molecule has 0 aromatic carbocycles. The minimum atomic E-state index is -0.0845. The van der Waals surface area contributed by atoms with Gasteiger partial charge in [-0.1, -0.05) is 12.8 Å². The maximum absolute atomic E-state index is 6.34. The lowest BCUT2D eigenvalue weighted by Gasteiger charge is -2.21. The SMILES string of the molecule is NC1(Cc2nnc3ccncn23)CCCC1. The first kappa shape index (κ1) is 9.72. The predicted octanol–water partition coefficient (Wildman–Crippen LogP) is 0.938. The summed E-state index contributed by atoms with van der Waals surface area (Å²) in [4.78, 5) is 4.09. The third-order valence-corrected chi connectivity index (χ3v) is 3.39. The van der Waals surface area contributed by atoms with Crippen LogP contribution < -0.4 is 5.73 Å². The van der Waals surface area contributed by atoms with Crippen LogP contribution in [0.5, 0.6) is 0 Å². The van der Waals surface area contributed by atoms with E-state index in [-0.39, 0.29) is 5.54 Å². The maximum Gasteiger partial charge on any atom is 0.163 e. The Hall–Kier alpha value is -1.49. The highest BCUT2D eigenvalue weighted by atomic mass is 15.3. The van der Waals surface area contributed by atoms with Crippen LogP contribution in [0.4, 0.5) is 0 Å². The van der Waals surface area contributed by atoms with Gasteiger partial charge in [-0.3, -0.25) is 4.40 Å². The molecule has 1 fully saturated rings. The Morgan fingerprint density at radius 1 is 1.31 bits per heavy atom. The molecule has 0 unspecified atom stereocenters. The molecule has 0 bridgehead atoms. The molecule has 2 heterocycles. The minimum absolute atomic E-state index is 0.0845. The highest BCUT2D eigenvalue weighted by molar-refractivity contribution is 5.35. The van der Waals surface area contributed by atoms with Gasteiger partial charge >= 0.3 is 0 Å². The molecule has 2 N–H and O–H groups in total. The fourth-order valence-electron chi connectivity index (χ4n) is 2.48. The summed E-state index contributed by atoms with van der Waals surface area (Å²) in [5, 5.41) is 8.31. The monoisotopic (exact) mass is 217 g/mol. The second-order valence-electron chi connectivity index (χ2n) is 4.67. The van der Waals surface area contributed by atoms with Gasteiger partial charge in [0.05, 0.1) is 0 Å². The van der Waals surface area contributed by atoms with Gasteiger partial charge in [-0.05, 0) is 12.8 Å². The molecule has 0 saturated heterocycles. The number of aromatic nitrogens is 4. The Kier molecular flexibility index (Phi) is 2.14. The van der Waals surface area contributed by atoms with Gasteiger partial charge in [0.1, 0.15) is 12.2 Å². The Morgan fingerprint density at radius 3 is 2.94 bits per heavy atom. The molecule has 2 aromatic heterocycles. The molecule has 5 heteroatoms. The minimum Gasteiger partial charge on any atom is -0.325 e. The number of nitrogens with zero attached hydrogens (tertiary/aromatic N) is 4. The van der Waals surface area contributed by atoms with Gasteiger partial charge in [0.25, 0.3) is 0 Å². The smallest absolute Gasteiger partial charge is 0.163 e. The zero-order chi connectivity index (χ0) is 11.0. The molecule has 0 aliphatic heterocycles. The van der Waals surface area contributed by atoms with Crippen LogP contribution in [-0.4, -0.2) is 25.1 Å². The normalized spacial score (nSPS) is 19.3. The molecule has 3 rings (SSSR count). The van der Waals surface area contributed by atoms with E-state index in [1.54, 1.807) is 12.5 Å². The molecular weight excluding hydrogens is 202 g/mol. The topological polar surface area (TPSA) is 69.1 Å². The van der Waals surface area contributed by atoms with E-state index in [0.717, 1.165) is 30.7 Å². The van der Waals surface area contributed by atoms with Gasteiger partial charge in [0, 0.05) is 24.2 Å². The summed E-state index contributed by atoms with van der Waals surface area (Å²) in [7, 11) is 0. The van der Waals surface area contributed by atoms with Gasteiger partial charge in [0.15, 0.2) is 5.65 Å². The molecule has 0 atom stereocenters. The number of fused-ring (bicyclic) bond motifs is 1. The fourth-order valence-corrected chi connectivity index (χ4v) is 2.48. The van der Waals surface area contributed by atoms with E-state index in [1.165, 1.54) is 12.8 Å². The van der Waals surface area contributed by atoms with Crippen LogP contribution in [0.3, 0.4) is 0 Å². The van der Waals surface area contributed by atoms with Gasteiger partial charge < -0.3 is 5.73 Å². The first-order valence-electron chi connectivity index (χ1n) is 5.69. The van der Waals surface area contributed by atoms with Gasteiger partial charge in [0.2, 0.25) is 0 Å². The molecule has 1 aliphatic rings. The van der Waals surface area contributed by atoms with E-state index < -0.39 is 0 Å². The highest BCUT2D eigenvalue weighted by Crippen LogP contribution is 2.29. The van der Waals surface area contributed by atoms with Crippen LogP contribution in [0.25, 0.3) is 5.65 Å². The number of nitrogens with two attached hydrogens (primary N) is 1. The maximum atomic E-state index is 6.34. The molecule has 0 amide bonds. The van der Waals surface area contributed by atoms with Crippen molar-refractivity contribution in [2.45, 2.75) is 37.6 Å². The zero-order valence-corrected chi connectivity index (χ0v) is 9.13. The van der Waals surface area contributed by atoms with Crippen molar-refractivity contribution in [3.63, 3.8) is 0 Å². The molecule has 0 radical (unpaired) electrons. The van der Waals surface area contributed by atoms with Crippen molar-refractivity contribution < 1.29 is 0 Å². The van der Waals surface area contributed by atoms with Crippen molar-refractivity contribution in [1.82, 2.24) is 19.6 Å². The highest BCUT2D eigenvalue weighted by Gasteiger charge is 2.31. The van der Waals surface area contributed by atoms with Crippen LogP contribution in [0.2, 0.25) is 0 Å². The lowest BCUT2D eigenvalue weighted by molar-refractivity contribution is 0.424. The van der Waals surface area contributed by atoms with E-state index in [9.17, 15) is 0 Å². The fraction of sp³-hybridized carbons (Fsp3) is 0.545. The summed E-state index contributed by atoms with van der Waals surface area (Å²) in [5.74, 6) is 0.924. The summed E-state index contributed by atoms with van der Waals surface area (Å²) in [6.45, 7) is 0. The molecule has 1 aliphatic carbocycles. The van der Waals surface area contributed by atoms with E-state index in [1.807, 2.05) is 10.5 Å². The quantitative estimate of drug-likeness (QED) is 0.812. The molecule has 16 heavy (non-hydrogen) atoms. The van der Waals surface area contributed by atoms with Crippen molar-refractivity contribution in [2.75, 3.05) is 0 Å². The van der Waals surface area contributed by atoms with Crippen LogP contribution in [-0.2, 0) is 6.42 Å². The summed E-state index contributed by atoms with van der Waals surface area (Å²) >= 11 is 0. The third kappa shape index (κ3) is 1.57. The summed E-state index contributed by atoms with van der Waals surface area (Å²) in [6.07, 6.45) is 8.89. The zero-order valence-electron chi connectivity index (χ0n) is 9.13. The van der Waals surface area contributed by atoms with Crippen molar-refractivity contribution >= 4 is 5.65 Å². The van der Waals surface area contributed by atoms with E-state index in [0.29, 0.717) is 0 Å². The summed E-state index contributed by atoms with van der Waals surface area (Å²) in [5.41, 5.74) is 7.09. The molecule has 1 saturated carbocycles. The van der Waals surface area contributed by atoms with E-state index >= 15 is 0 Å². The predicted molar refractivity (Wildman–Crippen MR) is 59.9 cm³/mol. The van der Waals surface area contributed by atoms with Crippen LogP contribution in [0, 0.1) is 0 Å². The van der Waals surface area contributed by atoms with Gasteiger partial charge in [-0.25, -0.2) is 4.98 Å². The average molecular weight is 217 g/mol. The van der Waals surface area contributed by atoms with E-state index in [2.05, 4.69) is 15.2 Å². The van der Waals surface area contributed by atoms with E-state index in [4.69, 9.17) is 5.73 Å². The number of rotatable bonds is 2. The largest absolute Gasteiger partial charge is 0.325 e. The molecule has 5 nitrogen and oxygen atoms in total.